The van der Waals surface area contributed by atoms with Crippen molar-refractivity contribution >= 4 is 34.9 Å². The first-order valence-corrected chi connectivity index (χ1v) is 12.7. The van der Waals surface area contributed by atoms with Gasteiger partial charge in [-0.1, -0.05) is 24.3 Å². The van der Waals surface area contributed by atoms with Crippen LogP contribution in [0, 0.1) is 6.92 Å². The molecule has 2 atom stereocenters. The number of hydrogen-bond acceptors (Lipinski definition) is 4. The Kier molecular flexibility index (Phi) is 7.19. The van der Waals surface area contributed by atoms with Gasteiger partial charge in [0.1, 0.15) is 0 Å². The smallest absolute Gasteiger partial charge is 0.335 e. The molecule has 8 nitrogen and oxygen atoms in total. The molecule has 0 saturated carbocycles. The minimum absolute atomic E-state index is 0.0956. The number of carboxylic acids is 1. The highest BCUT2D eigenvalue weighted by molar-refractivity contribution is 7.80. The molecule has 3 heterocycles. The molecule has 3 N–H and O–H groups in total. The normalized spacial score (nSPS) is 16.8. The maximum atomic E-state index is 12.9. The number of amides is 1. The van der Waals surface area contributed by atoms with E-state index in [4.69, 9.17) is 12.2 Å². The number of anilines is 1. The summed E-state index contributed by atoms with van der Waals surface area (Å²) in [6.45, 7) is 2.36. The quantitative estimate of drug-likeness (QED) is 0.282. The second kappa shape index (κ2) is 10.9. The van der Waals surface area contributed by atoms with E-state index >= 15 is 0 Å². The molecule has 1 aliphatic rings. The van der Waals surface area contributed by atoms with Crippen molar-refractivity contribution in [2.45, 2.75) is 25.4 Å². The van der Waals surface area contributed by atoms with E-state index in [-0.39, 0.29) is 30.0 Å². The van der Waals surface area contributed by atoms with Gasteiger partial charge in [0, 0.05) is 42.4 Å². The van der Waals surface area contributed by atoms with Crippen LogP contribution in [0.5, 0.6) is 0 Å². The topological polar surface area (TPSA) is 99.5 Å². The van der Waals surface area contributed by atoms with E-state index in [1.165, 1.54) is 0 Å². The molecule has 2 aromatic heterocycles. The van der Waals surface area contributed by atoms with Crippen molar-refractivity contribution in [2.75, 3.05) is 11.9 Å². The van der Waals surface area contributed by atoms with Gasteiger partial charge in [-0.05, 0) is 79.3 Å². The van der Waals surface area contributed by atoms with Crippen LogP contribution in [0.4, 0.5) is 5.69 Å². The third-order valence-corrected chi connectivity index (χ3v) is 7.02. The van der Waals surface area contributed by atoms with Gasteiger partial charge >= 0.3 is 5.97 Å². The number of aryl methyl sites for hydroxylation is 1. The Bertz CT molecular complexity index is 1470. The molecule has 0 aliphatic carbocycles. The van der Waals surface area contributed by atoms with E-state index in [9.17, 15) is 14.7 Å². The molecular weight excluding hydrogens is 498 g/mol. The zero-order valence-electron chi connectivity index (χ0n) is 20.7. The molecule has 0 spiro atoms. The second-order valence-electron chi connectivity index (χ2n) is 9.09. The van der Waals surface area contributed by atoms with Crippen LogP contribution >= 0.6 is 12.2 Å². The van der Waals surface area contributed by atoms with Gasteiger partial charge < -0.3 is 25.2 Å². The summed E-state index contributed by atoms with van der Waals surface area (Å²) < 4.78 is 2.02. The summed E-state index contributed by atoms with van der Waals surface area (Å²) in [7, 11) is 0. The Balaban J connectivity index is 1.45. The van der Waals surface area contributed by atoms with Crippen molar-refractivity contribution in [1.29, 1.82) is 0 Å². The highest BCUT2D eigenvalue weighted by Crippen LogP contribution is 2.39. The van der Waals surface area contributed by atoms with Crippen molar-refractivity contribution in [2.24, 2.45) is 0 Å². The standard InChI is InChI=1S/C29H27N5O3S/c1-19-7-2-3-8-22(19)31-25(35)15-18-34-27(26(32-29(34)38)23-9-4-5-16-30-23)24-10-6-17-33(24)21-13-11-20(12-14-21)28(36)37/h2-14,16-17,26-27H,15,18H2,1H3,(H,31,35)(H,32,38)(H,36,37)/t26-,27+/m1/s1. The number of thiocarbonyl (C=S) groups is 1. The van der Waals surface area contributed by atoms with Crippen molar-refractivity contribution in [3.05, 3.63) is 114 Å². The van der Waals surface area contributed by atoms with Crippen molar-refractivity contribution in [1.82, 2.24) is 19.8 Å². The van der Waals surface area contributed by atoms with Crippen LogP contribution < -0.4 is 10.6 Å². The van der Waals surface area contributed by atoms with E-state index in [2.05, 4.69) is 15.6 Å². The van der Waals surface area contributed by atoms with Gasteiger partial charge in [-0.15, -0.1) is 0 Å². The van der Waals surface area contributed by atoms with Crippen LogP contribution in [0.15, 0.2) is 91.3 Å². The first-order chi connectivity index (χ1) is 18.4. The molecular formula is C29H27N5O3S. The number of para-hydroxylation sites is 1. The molecule has 5 rings (SSSR count). The molecule has 1 saturated heterocycles. The molecule has 1 amide bonds. The highest BCUT2D eigenvalue weighted by Gasteiger charge is 2.41. The van der Waals surface area contributed by atoms with Gasteiger partial charge in [-0.2, -0.15) is 0 Å². The van der Waals surface area contributed by atoms with Crippen molar-refractivity contribution in [3.8, 4) is 5.69 Å². The van der Waals surface area contributed by atoms with Gasteiger partial charge in [-0.3, -0.25) is 9.78 Å². The average Bonchev–Trinajstić information content (AvgIpc) is 3.53. The summed E-state index contributed by atoms with van der Waals surface area (Å²) in [5.41, 5.74) is 4.61. The fraction of sp³-hybridized carbons (Fsp3) is 0.172. The Hall–Kier alpha value is -4.50. The van der Waals surface area contributed by atoms with E-state index < -0.39 is 5.97 Å². The number of carboxylic acid groups (broad SMARTS) is 1. The maximum absolute atomic E-state index is 12.9. The largest absolute Gasteiger partial charge is 0.478 e. The number of hydrogen-bond donors (Lipinski definition) is 3. The minimum atomic E-state index is -0.972. The molecule has 0 bridgehead atoms. The lowest BCUT2D eigenvalue weighted by Crippen LogP contribution is -2.33. The Morgan fingerprint density at radius 3 is 2.50 bits per heavy atom. The number of nitrogens with one attached hydrogen (secondary N) is 2. The summed E-state index contributed by atoms with van der Waals surface area (Å²) >= 11 is 5.76. The number of rotatable bonds is 8. The fourth-order valence-corrected chi connectivity index (χ4v) is 5.08. The molecule has 0 radical (unpaired) electrons. The fourth-order valence-electron chi connectivity index (χ4n) is 4.75. The van der Waals surface area contributed by atoms with Crippen LogP contribution in [0.3, 0.4) is 0 Å². The number of carbonyl (C=O) groups is 2. The Morgan fingerprint density at radius 2 is 1.79 bits per heavy atom. The van der Waals surface area contributed by atoms with Crippen LogP contribution in [-0.2, 0) is 4.79 Å². The lowest BCUT2D eigenvalue weighted by Gasteiger charge is -2.29. The van der Waals surface area contributed by atoms with Gasteiger partial charge in [0.2, 0.25) is 5.91 Å². The molecule has 38 heavy (non-hydrogen) atoms. The number of nitrogens with zero attached hydrogens (tertiary/aromatic N) is 3. The second-order valence-corrected chi connectivity index (χ2v) is 9.47. The molecule has 0 unspecified atom stereocenters. The third-order valence-electron chi connectivity index (χ3n) is 6.67. The predicted molar refractivity (Wildman–Crippen MR) is 149 cm³/mol. The van der Waals surface area contributed by atoms with E-state index in [1.807, 2.05) is 77.2 Å². The van der Waals surface area contributed by atoms with Crippen molar-refractivity contribution in [3.63, 3.8) is 0 Å². The van der Waals surface area contributed by atoms with Crippen LogP contribution in [-0.4, -0.2) is 43.1 Å². The number of aromatic nitrogens is 2. The molecule has 9 heteroatoms. The summed E-state index contributed by atoms with van der Waals surface area (Å²) in [6.07, 6.45) is 3.93. The van der Waals surface area contributed by atoms with Crippen LogP contribution in [0.1, 0.15) is 45.8 Å². The Labute approximate surface area is 225 Å². The lowest BCUT2D eigenvalue weighted by molar-refractivity contribution is -0.116. The number of carbonyl (C=O) groups excluding carboxylic acids is 1. The highest BCUT2D eigenvalue weighted by atomic mass is 32.1. The van der Waals surface area contributed by atoms with Crippen molar-refractivity contribution < 1.29 is 14.7 Å². The summed E-state index contributed by atoms with van der Waals surface area (Å²) in [5, 5.41) is 16.3. The maximum Gasteiger partial charge on any atom is 0.335 e. The molecule has 1 aliphatic heterocycles. The first kappa shape index (κ1) is 25.2. The molecule has 2 aromatic carbocycles. The van der Waals surface area contributed by atoms with E-state index in [0.717, 1.165) is 28.3 Å². The van der Waals surface area contributed by atoms with Gasteiger partial charge in [0.25, 0.3) is 0 Å². The number of aromatic carboxylic acids is 1. The van der Waals surface area contributed by atoms with E-state index in [1.54, 1.807) is 30.5 Å². The predicted octanol–water partition coefficient (Wildman–Crippen LogP) is 4.88. The van der Waals surface area contributed by atoms with Gasteiger partial charge in [0.15, 0.2) is 5.11 Å². The lowest BCUT2D eigenvalue weighted by atomic mass is 10.0. The monoisotopic (exact) mass is 525 g/mol. The Morgan fingerprint density at radius 1 is 1.03 bits per heavy atom. The van der Waals surface area contributed by atoms with E-state index in [0.29, 0.717) is 11.7 Å². The van der Waals surface area contributed by atoms with Crippen LogP contribution in [0.25, 0.3) is 5.69 Å². The number of pyridine rings is 1. The third kappa shape index (κ3) is 5.14. The molecule has 192 valence electrons. The van der Waals surface area contributed by atoms with Crippen LogP contribution in [0.2, 0.25) is 0 Å². The molecule has 4 aromatic rings. The zero-order valence-corrected chi connectivity index (χ0v) is 21.6. The minimum Gasteiger partial charge on any atom is -0.478 e. The SMILES string of the molecule is Cc1ccccc1NC(=O)CCN1C(=S)N[C@H](c2ccccn2)[C@@H]1c1cccn1-c1ccc(C(=O)O)cc1. The molecule has 1 fully saturated rings. The summed E-state index contributed by atoms with van der Waals surface area (Å²) in [4.78, 5) is 30.8. The zero-order chi connectivity index (χ0) is 26.6. The first-order valence-electron chi connectivity index (χ1n) is 12.3. The average molecular weight is 526 g/mol. The van der Waals surface area contributed by atoms with Gasteiger partial charge in [-0.25, -0.2) is 4.79 Å². The summed E-state index contributed by atoms with van der Waals surface area (Å²) in [6, 6.07) is 23.6. The van der Waals surface area contributed by atoms with Gasteiger partial charge in [0.05, 0.1) is 23.3 Å². The number of benzene rings is 2. The summed E-state index contributed by atoms with van der Waals surface area (Å²) in [5.74, 6) is -1.07.